The van der Waals surface area contributed by atoms with E-state index < -0.39 is 0 Å². The van der Waals surface area contributed by atoms with E-state index in [4.69, 9.17) is 0 Å². The van der Waals surface area contributed by atoms with Crippen molar-refractivity contribution in [1.29, 1.82) is 0 Å². The molecule has 16 heavy (non-hydrogen) atoms. The van der Waals surface area contributed by atoms with Crippen LogP contribution in [0.3, 0.4) is 0 Å². The second kappa shape index (κ2) is 5.85. The Kier molecular flexibility index (Phi) is 4.74. The average Bonchev–Trinajstić information content (AvgIpc) is 2.32. The summed E-state index contributed by atoms with van der Waals surface area (Å²) in [5.41, 5.74) is 0.659. The fourth-order valence-electron chi connectivity index (χ4n) is 1.67. The van der Waals surface area contributed by atoms with E-state index in [-0.39, 0.29) is 17.8 Å². The van der Waals surface area contributed by atoms with Crippen molar-refractivity contribution in [3.63, 3.8) is 0 Å². The first-order valence-electron chi connectivity index (χ1n) is 5.76. The van der Waals surface area contributed by atoms with Crippen molar-refractivity contribution in [2.45, 2.75) is 26.7 Å². The predicted molar refractivity (Wildman–Crippen MR) is 65.0 cm³/mol. The molecule has 0 spiro atoms. The van der Waals surface area contributed by atoms with Crippen LogP contribution in [0.2, 0.25) is 0 Å². The van der Waals surface area contributed by atoms with Crippen molar-refractivity contribution in [2.75, 3.05) is 18.5 Å². The van der Waals surface area contributed by atoms with Crippen LogP contribution >= 0.6 is 0 Å². The van der Waals surface area contributed by atoms with Gasteiger partial charge in [0.1, 0.15) is 5.82 Å². The Balaban J connectivity index is 2.62. The molecule has 90 valence electrons. The maximum atomic E-state index is 12.9. The topological polar surface area (TPSA) is 32.3 Å². The van der Waals surface area contributed by atoms with Crippen LogP contribution in [0.4, 0.5) is 10.1 Å². The fraction of sp³-hybridized carbons (Fsp3) is 0.538. The summed E-state index contributed by atoms with van der Waals surface area (Å²) in [6.07, 6.45) is 1.81. The number of halogens is 1. The molecule has 0 aromatic heterocycles. The maximum Gasteiger partial charge on any atom is 0.125 e. The van der Waals surface area contributed by atoms with Gasteiger partial charge in [-0.15, -0.1) is 0 Å². The van der Waals surface area contributed by atoms with Gasteiger partial charge in [-0.3, -0.25) is 0 Å². The molecule has 3 heteroatoms. The third-order valence-electron chi connectivity index (χ3n) is 3.33. The molecule has 0 aliphatic carbocycles. The Morgan fingerprint density at radius 2 is 2.00 bits per heavy atom. The fourth-order valence-corrected chi connectivity index (χ4v) is 1.67. The molecule has 0 amide bonds. The van der Waals surface area contributed by atoms with Crippen molar-refractivity contribution >= 4 is 5.69 Å². The Labute approximate surface area is 96.5 Å². The summed E-state index contributed by atoms with van der Waals surface area (Å²) in [6.45, 7) is 4.95. The van der Waals surface area contributed by atoms with Gasteiger partial charge < -0.3 is 10.4 Å². The molecular formula is C13H20FNO. The van der Waals surface area contributed by atoms with E-state index >= 15 is 0 Å². The minimum Gasteiger partial charge on any atom is -0.396 e. The van der Waals surface area contributed by atoms with Gasteiger partial charge in [-0.05, 0) is 31.0 Å². The summed E-state index contributed by atoms with van der Waals surface area (Å²) in [5.74, 6) is -0.243. The van der Waals surface area contributed by atoms with E-state index in [2.05, 4.69) is 19.2 Å². The predicted octanol–water partition coefficient (Wildman–Crippen LogP) is 3.04. The van der Waals surface area contributed by atoms with E-state index in [1.54, 1.807) is 6.07 Å². The summed E-state index contributed by atoms with van der Waals surface area (Å²) in [6, 6.07) is 6.39. The lowest BCUT2D eigenvalue weighted by Crippen LogP contribution is -2.32. The minimum absolute atomic E-state index is 0.105. The van der Waals surface area contributed by atoms with Crippen LogP contribution in [0.25, 0.3) is 0 Å². The van der Waals surface area contributed by atoms with Crippen molar-refractivity contribution in [1.82, 2.24) is 0 Å². The molecule has 0 saturated heterocycles. The van der Waals surface area contributed by atoms with Crippen LogP contribution in [0.5, 0.6) is 0 Å². The summed E-state index contributed by atoms with van der Waals surface area (Å²) < 4.78 is 12.9. The quantitative estimate of drug-likeness (QED) is 0.780. The first-order chi connectivity index (χ1) is 7.65. The lowest BCUT2D eigenvalue weighted by Gasteiger charge is -2.30. The van der Waals surface area contributed by atoms with Crippen LogP contribution in [0, 0.1) is 11.2 Å². The van der Waals surface area contributed by atoms with Gasteiger partial charge in [0.15, 0.2) is 0 Å². The number of nitrogens with one attached hydrogen (secondary N) is 1. The molecule has 2 N–H and O–H groups in total. The summed E-state index contributed by atoms with van der Waals surface area (Å²) in [7, 11) is 0. The SMILES string of the molecule is CCC(CC)(CO)CNc1cccc(F)c1. The molecule has 0 aliphatic rings. The van der Waals surface area contributed by atoms with Crippen molar-refractivity contribution < 1.29 is 9.50 Å². The molecule has 0 bridgehead atoms. The van der Waals surface area contributed by atoms with Gasteiger partial charge in [0.2, 0.25) is 0 Å². The molecule has 0 heterocycles. The van der Waals surface area contributed by atoms with Crippen LogP contribution in [-0.2, 0) is 0 Å². The highest BCUT2D eigenvalue weighted by Crippen LogP contribution is 2.26. The zero-order chi connectivity index (χ0) is 12.0. The van der Waals surface area contributed by atoms with Gasteiger partial charge in [-0.1, -0.05) is 19.9 Å². The Morgan fingerprint density at radius 3 is 2.50 bits per heavy atom. The van der Waals surface area contributed by atoms with Gasteiger partial charge in [-0.25, -0.2) is 4.39 Å². The molecule has 0 unspecified atom stereocenters. The lowest BCUT2D eigenvalue weighted by atomic mass is 9.83. The highest BCUT2D eigenvalue weighted by Gasteiger charge is 2.24. The molecule has 0 fully saturated rings. The Bertz CT molecular complexity index is 315. The van der Waals surface area contributed by atoms with Gasteiger partial charge >= 0.3 is 0 Å². The highest BCUT2D eigenvalue weighted by atomic mass is 19.1. The van der Waals surface area contributed by atoms with Gasteiger partial charge in [0, 0.05) is 17.6 Å². The molecule has 2 nitrogen and oxygen atoms in total. The van der Waals surface area contributed by atoms with Crippen molar-refractivity contribution in [2.24, 2.45) is 5.41 Å². The number of aliphatic hydroxyl groups is 1. The second-order valence-corrected chi connectivity index (χ2v) is 4.23. The molecule has 0 radical (unpaired) electrons. The Hall–Kier alpha value is -1.09. The summed E-state index contributed by atoms with van der Waals surface area (Å²) in [4.78, 5) is 0. The molecular weight excluding hydrogens is 205 g/mol. The molecule has 1 rings (SSSR count). The van der Waals surface area contributed by atoms with Crippen LogP contribution in [0.1, 0.15) is 26.7 Å². The summed E-state index contributed by atoms with van der Waals surface area (Å²) in [5, 5.41) is 12.6. The Morgan fingerprint density at radius 1 is 1.31 bits per heavy atom. The number of anilines is 1. The van der Waals surface area contributed by atoms with E-state index in [1.165, 1.54) is 12.1 Å². The summed E-state index contributed by atoms with van der Waals surface area (Å²) >= 11 is 0. The maximum absolute atomic E-state index is 12.9. The molecule has 1 aromatic carbocycles. The first kappa shape index (κ1) is 13.0. The van der Waals surface area contributed by atoms with E-state index in [1.807, 2.05) is 6.07 Å². The second-order valence-electron chi connectivity index (χ2n) is 4.23. The number of hydrogen-bond acceptors (Lipinski definition) is 2. The zero-order valence-corrected chi connectivity index (χ0v) is 9.96. The number of benzene rings is 1. The number of rotatable bonds is 6. The average molecular weight is 225 g/mol. The van der Waals surface area contributed by atoms with Gasteiger partial charge in [0.25, 0.3) is 0 Å². The minimum atomic E-state index is -0.243. The highest BCUT2D eigenvalue weighted by molar-refractivity contribution is 5.43. The van der Waals surface area contributed by atoms with Gasteiger partial charge in [-0.2, -0.15) is 0 Å². The third-order valence-corrected chi connectivity index (χ3v) is 3.33. The smallest absolute Gasteiger partial charge is 0.125 e. The molecule has 0 aliphatic heterocycles. The number of hydrogen-bond donors (Lipinski definition) is 2. The van der Waals surface area contributed by atoms with Crippen LogP contribution < -0.4 is 5.32 Å². The number of aliphatic hydroxyl groups excluding tert-OH is 1. The largest absolute Gasteiger partial charge is 0.396 e. The van der Waals surface area contributed by atoms with Crippen molar-refractivity contribution in [3.05, 3.63) is 30.1 Å². The zero-order valence-electron chi connectivity index (χ0n) is 9.96. The first-order valence-corrected chi connectivity index (χ1v) is 5.76. The van der Waals surface area contributed by atoms with Crippen LogP contribution in [0.15, 0.2) is 24.3 Å². The van der Waals surface area contributed by atoms with E-state index in [0.29, 0.717) is 6.54 Å². The third kappa shape index (κ3) is 3.20. The van der Waals surface area contributed by atoms with Crippen LogP contribution in [-0.4, -0.2) is 18.3 Å². The van der Waals surface area contributed by atoms with Crippen molar-refractivity contribution in [3.8, 4) is 0 Å². The normalized spacial score (nSPS) is 11.5. The van der Waals surface area contributed by atoms with E-state index in [9.17, 15) is 9.50 Å². The van der Waals surface area contributed by atoms with Gasteiger partial charge in [0.05, 0.1) is 6.61 Å². The lowest BCUT2D eigenvalue weighted by molar-refractivity contribution is 0.127. The molecule has 0 atom stereocenters. The molecule has 0 saturated carbocycles. The monoisotopic (exact) mass is 225 g/mol. The molecule has 1 aromatic rings. The standard InChI is InChI=1S/C13H20FNO/c1-3-13(4-2,10-16)9-15-12-7-5-6-11(14)8-12/h5-8,15-16H,3-4,9-10H2,1-2H3. The van der Waals surface area contributed by atoms with E-state index in [0.717, 1.165) is 18.5 Å².